The van der Waals surface area contributed by atoms with Gasteiger partial charge in [-0.25, -0.2) is 0 Å². The van der Waals surface area contributed by atoms with E-state index in [-0.39, 0.29) is 5.78 Å². The quantitative estimate of drug-likeness (QED) is 0.701. The Labute approximate surface area is 88.7 Å². The van der Waals surface area contributed by atoms with Gasteiger partial charge in [-0.2, -0.15) is 5.10 Å². The number of carbonyl (C=O) groups is 1. The van der Waals surface area contributed by atoms with E-state index in [9.17, 15) is 4.79 Å². The normalized spacial score (nSPS) is 10.9. The number of fused-ring (bicyclic) bond motifs is 1. The lowest BCUT2D eigenvalue weighted by atomic mass is 10.1. The van der Waals surface area contributed by atoms with Crippen molar-refractivity contribution in [2.75, 3.05) is 0 Å². The van der Waals surface area contributed by atoms with Crippen molar-refractivity contribution in [3.8, 4) is 0 Å². The molecule has 78 valence electrons. The molecule has 0 aliphatic rings. The molecule has 1 heterocycles. The van der Waals surface area contributed by atoms with Gasteiger partial charge in [0.1, 0.15) is 0 Å². The highest BCUT2D eigenvalue weighted by Crippen LogP contribution is 2.19. The van der Waals surface area contributed by atoms with Gasteiger partial charge in [-0.1, -0.05) is 0 Å². The zero-order chi connectivity index (χ0) is 11.0. The van der Waals surface area contributed by atoms with E-state index in [0.717, 1.165) is 28.7 Å². The van der Waals surface area contributed by atoms with Gasteiger partial charge in [-0.3, -0.25) is 9.48 Å². The van der Waals surface area contributed by atoms with Gasteiger partial charge in [0.05, 0.1) is 5.52 Å². The maximum Gasteiger partial charge on any atom is 0.159 e. The van der Waals surface area contributed by atoms with Crippen LogP contribution >= 0.6 is 0 Å². The van der Waals surface area contributed by atoms with E-state index in [4.69, 9.17) is 0 Å². The zero-order valence-corrected chi connectivity index (χ0v) is 9.24. The average molecular weight is 202 g/mol. The molecule has 0 saturated carbocycles. The predicted octanol–water partition coefficient (Wildman–Crippen LogP) is 2.57. The molecule has 0 aliphatic heterocycles. The highest BCUT2D eigenvalue weighted by atomic mass is 16.1. The lowest BCUT2D eigenvalue weighted by molar-refractivity contribution is 0.101. The summed E-state index contributed by atoms with van der Waals surface area (Å²) in [6, 6.07) is 5.66. The summed E-state index contributed by atoms with van der Waals surface area (Å²) < 4.78 is 1.95. The fourth-order valence-electron chi connectivity index (χ4n) is 1.78. The number of hydrogen-bond acceptors (Lipinski definition) is 2. The van der Waals surface area contributed by atoms with Crippen LogP contribution in [0.1, 0.15) is 29.9 Å². The van der Waals surface area contributed by atoms with E-state index in [1.807, 2.05) is 29.8 Å². The summed E-state index contributed by atoms with van der Waals surface area (Å²) in [7, 11) is 0. The average Bonchev–Trinajstić information content (AvgIpc) is 2.55. The number of aryl methyl sites for hydroxylation is 2. The van der Waals surface area contributed by atoms with Gasteiger partial charge in [0.2, 0.25) is 0 Å². The molecule has 0 amide bonds. The first-order valence-corrected chi connectivity index (χ1v) is 5.11. The molecule has 0 unspecified atom stereocenters. The number of nitrogens with zero attached hydrogens (tertiary/aromatic N) is 2. The maximum atomic E-state index is 11.2. The molecular weight excluding hydrogens is 188 g/mol. The molecule has 0 aliphatic carbocycles. The third-order valence-electron chi connectivity index (χ3n) is 2.71. The first kappa shape index (κ1) is 9.90. The Morgan fingerprint density at radius 1 is 1.47 bits per heavy atom. The molecule has 0 radical (unpaired) electrons. The van der Waals surface area contributed by atoms with Gasteiger partial charge in [-0.05, 0) is 39.0 Å². The monoisotopic (exact) mass is 202 g/mol. The number of Topliss-reactive ketones (excluding diaryl/α,β-unsaturated/α-hetero) is 1. The van der Waals surface area contributed by atoms with Crippen molar-refractivity contribution in [1.82, 2.24) is 9.78 Å². The van der Waals surface area contributed by atoms with Crippen LogP contribution in [0.3, 0.4) is 0 Å². The summed E-state index contributed by atoms with van der Waals surface area (Å²) in [4.78, 5) is 11.2. The first-order chi connectivity index (χ1) is 7.13. The van der Waals surface area contributed by atoms with Gasteiger partial charge >= 0.3 is 0 Å². The minimum atomic E-state index is 0.0977. The predicted molar refractivity (Wildman–Crippen MR) is 60.1 cm³/mol. The largest absolute Gasteiger partial charge is 0.295 e. The molecule has 0 saturated heterocycles. The van der Waals surface area contributed by atoms with Crippen LogP contribution in [0, 0.1) is 6.92 Å². The fraction of sp³-hybridized carbons (Fsp3) is 0.333. The molecule has 3 heteroatoms. The van der Waals surface area contributed by atoms with E-state index < -0.39 is 0 Å². The van der Waals surface area contributed by atoms with Crippen molar-refractivity contribution in [2.24, 2.45) is 0 Å². The van der Waals surface area contributed by atoms with E-state index in [1.54, 1.807) is 6.92 Å². The van der Waals surface area contributed by atoms with Gasteiger partial charge in [-0.15, -0.1) is 0 Å². The van der Waals surface area contributed by atoms with E-state index in [0.29, 0.717) is 0 Å². The van der Waals surface area contributed by atoms with Gasteiger partial charge < -0.3 is 0 Å². The van der Waals surface area contributed by atoms with E-state index in [1.165, 1.54) is 0 Å². The van der Waals surface area contributed by atoms with Crippen molar-refractivity contribution in [3.05, 3.63) is 29.5 Å². The number of ketones is 1. The highest BCUT2D eigenvalue weighted by molar-refractivity contribution is 5.98. The van der Waals surface area contributed by atoms with Crippen molar-refractivity contribution in [2.45, 2.75) is 27.3 Å². The lowest BCUT2D eigenvalue weighted by Crippen LogP contribution is -1.97. The summed E-state index contributed by atoms with van der Waals surface area (Å²) in [5, 5.41) is 5.51. The minimum Gasteiger partial charge on any atom is -0.295 e. The summed E-state index contributed by atoms with van der Waals surface area (Å²) >= 11 is 0. The molecule has 0 bridgehead atoms. The first-order valence-electron chi connectivity index (χ1n) is 5.11. The Morgan fingerprint density at radius 3 is 2.80 bits per heavy atom. The van der Waals surface area contributed by atoms with Crippen LogP contribution in [0.2, 0.25) is 0 Å². The van der Waals surface area contributed by atoms with Crippen LogP contribution in [0.25, 0.3) is 10.9 Å². The number of rotatable bonds is 2. The highest BCUT2D eigenvalue weighted by Gasteiger charge is 2.08. The molecule has 1 aromatic heterocycles. The second kappa shape index (κ2) is 3.50. The summed E-state index contributed by atoms with van der Waals surface area (Å²) in [6.07, 6.45) is 0. The Kier molecular flexibility index (Phi) is 2.31. The zero-order valence-electron chi connectivity index (χ0n) is 9.24. The summed E-state index contributed by atoms with van der Waals surface area (Å²) in [6.45, 7) is 6.53. The number of benzene rings is 1. The molecule has 15 heavy (non-hydrogen) atoms. The van der Waals surface area contributed by atoms with E-state index >= 15 is 0 Å². The third kappa shape index (κ3) is 1.54. The van der Waals surface area contributed by atoms with Crippen molar-refractivity contribution < 1.29 is 4.79 Å². The van der Waals surface area contributed by atoms with Crippen LogP contribution < -0.4 is 0 Å². The Morgan fingerprint density at radius 2 is 2.20 bits per heavy atom. The molecule has 3 nitrogen and oxygen atoms in total. The standard InChI is InChI=1S/C12H14N2O/c1-4-14-8(2)11-7-10(9(3)15)5-6-12(11)13-14/h5-7H,4H2,1-3H3. The van der Waals surface area contributed by atoms with Crippen molar-refractivity contribution >= 4 is 16.7 Å². The van der Waals surface area contributed by atoms with Crippen LogP contribution in [0.4, 0.5) is 0 Å². The van der Waals surface area contributed by atoms with Gasteiger partial charge in [0.15, 0.2) is 5.78 Å². The van der Waals surface area contributed by atoms with Crippen LogP contribution in [0.15, 0.2) is 18.2 Å². The van der Waals surface area contributed by atoms with Gasteiger partial charge in [0.25, 0.3) is 0 Å². The molecular formula is C12H14N2O. The Balaban J connectivity index is 2.70. The molecule has 1 aromatic carbocycles. The van der Waals surface area contributed by atoms with E-state index in [2.05, 4.69) is 12.0 Å². The smallest absolute Gasteiger partial charge is 0.159 e. The molecule has 0 N–H and O–H groups in total. The molecule has 2 rings (SSSR count). The van der Waals surface area contributed by atoms with Crippen LogP contribution in [-0.4, -0.2) is 15.6 Å². The third-order valence-corrected chi connectivity index (χ3v) is 2.71. The Hall–Kier alpha value is -1.64. The van der Waals surface area contributed by atoms with Crippen LogP contribution in [-0.2, 0) is 6.54 Å². The molecule has 0 atom stereocenters. The SMILES string of the molecule is CCn1nc2ccc(C(C)=O)cc2c1C. The topological polar surface area (TPSA) is 34.9 Å². The van der Waals surface area contributed by atoms with Crippen molar-refractivity contribution in [3.63, 3.8) is 0 Å². The molecule has 2 aromatic rings. The van der Waals surface area contributed by atoms with Crippen molar-refractivity contribution in [1.29, 1.82) is 0 Å². The Bertz CT molecular complexity index is 526. The second-order valence-corrected chi connectivity index (χ2v) is 3.69. The molecule has 0 fully saturated rings. The fourth-order valence-corrected chi connectivity index (χ4v) is 1.78. The van der Waals surface area contributed by atoms with Gasteiger partial charge in [0, 0.05) is 23.2 Å². The lowest BCUT2D eigenvalue weighted by Gasteiger charge is -1.97. The van der Waals surface area contributed by atoms with Crippen LogP contribution in [0.5, 0.6) is 0 Å². The number of hydrogen-bond donors (Lipinski definition) is 0. The maximum absolute atomic E-state index is 11.2. The molecule has 0 spiro atoms. The number of carbonyl (C=O) groups excluding carboxylic acids is 1. The second-order valence-electron chi connectivity index (χ2n) is 3.69. The number of aromatic nitrogens is 2. The summed E-state index contributed by atoms with van der Waals surface area (Å²) in [5.41, 5.74) is 2.83. The minimum absolute atomic E-state index is 0.0977. The summed E-state index contributed by atoms with van der Waals surface area (Å²) in [5.74, 6) is 0.0977.